The number of thioether (sulfide) groups is 1. The number of hydrogen-bond acceptors (Lipinski definition) is 6. The Morgan fingerprint density at radius 3 is 3.04 bits per heavy atom. The Bertz CT molecular complexity index is 833. The molecule has 2 aromatic rings. The standard InChI is InChI=1S/C20H26N4O2S/c25-19-17-13-27-14-18(17)22-20(23-19)21-7-4-10-26-16-6-3-5-15(11-16)12-24-8-1-2-9-24/h3,5-6,11H,1-2,4,7-10,12-14H2,(H2,21,22,23,25). The van der Waals surface area contributed by atoms with Crippen molar-refractivity contribution < 1.29 is 4.74 Å². The third-order valence-electron chi connectivity index (χ3n) is 4.97. The molecule has 7 heteroatoms. The Morgan fingerprint density at radius 1 is 1.26 bits per heavy atom. The smallest absolute Gasteiger partial charge is 0.256 e. The first-order valence-corrected chi connectivity index (χ1v) is 10.8. The van der Waals surface area contributed by atoms with Crippen molar-refractivity contribution >= 4 is 17.7 Å². The van der Waals surface area contributed by atoms with Gasteiger partial charge in [0, 0.05) is 30.2 Å². The first-order valence-electron chi connectivity index (χ1n) is 9.66. The van der Waals surface area contributed by atoms with E-state index in [9.17, 15) is 4.79 Å². The number of aromatic amines is 1. The molecule has 27 heavy (non-hydrogen) atoms. The van der Waals surface area contributed by atoms with E-state index >= 15 is 0 Å². The van der Waals surface area contributed by atoms with Gasteiger partial charge >= 0.3 is 0 Å². The molecular formula is C20H26N4O2S. The summed E-state index contributed by atoms with van der Waals surface area (Å²) in [4.78, 5) is 21.8. The van der Waals surface area contributed by atoms with Gasteiger partial charge in [-0.2, -0.15) is 11.8 Å². The van der Waals surface area contributed by atoms with Crippen LogP contribution in [-0.4, -0.2) is 41.1 Å². The van der Waals surface area contributed by atoms with Gasteiger partial charge in [-0.05, 0) is 50.0 Å². The van der Waals surface area contributed by atoms with Gasteiger partial charge in [0.1, 0.15) is 5.75 Å². The second-order valence-corrected chi connectivity index (χ2v) is 8.08. The molecule has 0 saturated carbocycles. The number of hydrogen-bond donors (Lipinski definition) is 2. The molecule has 144 valence electrons. The molecule has 0 spiro atoms. The molecule has 0 aliphatic carbocycles. The van der Waals surface area contributed by atoms with Crippen molar-refractivity contribution in [3.63, 3.8) is 0 Å². The molecule has 3 heterocycles. The van der Waals surface area contributed by atoms with Crippen LogP contribution in [0.4, 0.5) is 5.95 Å². The topological polar surface area (TPSA) is 70.2 Å². The van der Waals surface area contributed by atoms with Crippen LogP contribution in [0.3, 0.4) is 0 Å². The van der Waals surface area contributed by atoms with E-state index in [1.165, 1.54) is 31.5 Å². The number of ether oxygens (including phenoxy) is 1. The summed E-state index contributed by atoms with van der Waals surface area (Å²) in [6.07, 6.45) is 3.46. The maximum atomic E-state index is 12.0. The van der Waals surface area contributed by atoms with Gasteiger partial charge in [0.05, 0.1) is 12.3 Å². The van der Waals surface area contributed by atoms with E-state index in [0.717, 1.165) is 41.5 Å². The number of fused-ring (bicyclic) bond motifs is 1. The second kappa shape index (κ2) is 8.80. The van der Waals surface area contributed by atoms with Gasteiger partial charge in [0.2, 0.25) is 5.95 Å². The number of aromatic nitrogens is 2. The number of H-pyrrole nitrogens is 1. The summed E-state index contributed by atoms with van der Waals surface area (Å²) < 4.78 is 5.89. The van der Waals surface area contributed by atoms with Gasteiger partial charge in [-0.3, -0.25) is 14.7 Å². The van der Waals surface area contributed by atoms with Crippen molar-refractivity contribution in [2.75, 3.05) is 31.6 Å². The molecule has 0 bridgehead atoms. The summed E-state index contributed by atoms with van der Waals surface area (Å²) in [6, 6.07) is 8.39. The fourth-order valence-corrected chi connectivity index (χ4v) is 4.58. The summed E-state index contributed by atoms with van der Waals surface area (Å²) in [5, 5.41) is 3.20. The molecular weight excluding hydrogens is 360 g/mol. The summed E-state index contributed by atoms with van der Waals surface area (Å²) in [6.45, 7) is 4.75. The van der Waals surface area contributed by atoms with Crippen molar-refractivity contribution in [2.45, 2.75) is 37.3 Å². The lowest BCUT2D eigenvalue weighted by atomic mass is 10.2. The second-order valence-electron chi connectivity index (χ2n) is 7.09. The van der Waals surface area contributed by atoms with Gasteiger partial charge in [-0.25, -0.2) is 4.98 Å². The van der Waals surface area contributed by atoms with E-state index in [4.69, 9.17) is 4.74 Å². The molecule has 0 unspecified atom stereocenters. The van der Waals surface area contributed by atoms with Crippen LogP contribution in [0.15, 0.2) is 29.1 Å². The van der Waals surface area contributed by atoms with Crippen molar-refractivity contribution in [2.24, 2.45) is 0 Å². The van der Waals surface area contributed by atoms with E-state index in [1.54, 1.807) is 11.8 Å². The minimum absolute atomic E-state index is 0.0152. The number of likely N-dealkylation sites (tertiary alicyclic amines) is 1. The van der Waals surface area contributed by atoms with Gasteiger partial charge < -0.3 is 10.1 Å². The van der Waals surface area contributed by atoms with Crippen LogP contribution >= 0.6 is 11.8 Å². The zero-order valence-electron chi connectivity index (χ0n) is 15.5. The highest BCUT2D eigenvalue weighted by Gasteiger charge is 2.17. The molecule has 0 radical (unpaired) electrons. The van der Waals surface area contributed by atoms with Crippen LogP contribution in [-0.2, 0) is 18.1 Å². The zero-order valence-corrected chi connectivity index (χ0v) is 16.3. The summed E-state index contributed by atoms with van der Waals surface area (Å²) >= 11 is 1.73. The molecule has 2 aliphatic rings. The fourth-order valence-electron chi connectivity index (χ4n) is 3.55. The summed E-state index contributed by atoms with van der Waals surface area (Å²) in [5.41, 5.74) is 3.03. The Balaban J connectivity index is 1.21. The lowest BCUT2D eigenvalue weighted by molar-refractivity contribution is 0.310. The molecule has 2 aliphatic heterocycles. The Morgan fingerprint density at radius 2 is 2.15 bits per heavy atom. The van der Waals surface area contributed by atoms with Crippen LogP contribution in [0.2, 0.25) is 0 Å². The average Bonchev–Trinajstić information content (AvgIpc) is 3.34. The van der Waals surface area contributed by atoms with Crippen LogP contribution in [0.5, 0.6) is 5.75 Å². The Labute approximate surface area is 163 Å². The molecule has 1 saturated heterocycles. The number of benzene rings is 1. The van der Waals surface area contributed by atoms with Crippen molar-refractivity contribution in [1.29, 1.82) is 0 Å². The van der Waals surface area contributed by atoms with Crippen molar-refractivity contribution in [1.82, 2.24) is 14.9 Å². The Hall–Kier alpha value is -1.99. The summed E-state index contributed by atoms with van der Waals surface area (Å²) in [7, 11) is 0. The lowest BCUT2D eigenvalue weighted by Gasteiger charge is -2.15. The van der Waals surface area contributed by atoms with E-state index in [-0.39, 0.29) is 5.56 Å². The quantitative estimate of drug-likeness (QED) is 0.680. The van der Waals surface area contributed by atoms with Crippen LogP contribution in [0.1, 0.15) is 36.1 Å². The molecule has 0 amide bonds. The molecule has 6 nitrogen and oxygen atoms in total. The zero-order chi connectivity index (χ0) is 18.5. The Kier molecular flexibility index (Phi) is 5.99. The molecule has 1 aromatic carbocycles. The van der Waals surface area contributed by atoms with Crippen molar-refractivity contribution in [3.8, 4) is 5.75 Å². The monoisotopic (exact) mass is 386 g/mol. The van der Waals surface area contributed by atoms with Gasteiger partial charge in [-0.15, -0.1) is 0 Å². The number of nitrogens with zero attached hydrogens (tertiary/aromatic N) is 2. The highest BCUT2D eigenvalue weighted by molar-refractivity contribution is 7.98. The number of rotatable bonds is 8. The maximum absolute atomic E-state index is 12.0. The third kappa shape index (κ3) is 4.84. The van der Waals surface area contributed by atoms with E-state index in [1.807, 2.05) is 6.07 Å². The van der Waals surface area contributed by atoms with E-state index < -0.39 is 0 Å². The number of anilines is 1. The largest absolute Gasteiger partial charge is 0.494 e. The average molecular weight is 387 g/mol. The third-order valence-corrected chi connectivity index (χ3v) is 5.94. The minimum Gasteiger partial charge on any atom is -0.494 e. The highest BCUT2D eigenvalue weighted by Crippen LogP contribution is 2.25. The normalized spacial score (nSPS) is 16.4. The predicted octanol–water partition coefficient (Wildman–Crippen LogP) is 2.99. The lowest BCUT2D eigenvalue weighted by Crippen LogP contribution is -2.19. The molecule has 1 fully saturated rings. The van der Waals surface area contributed by atoms with Crippen LogP contribution in [0, 0.1) is 0 Å². The van der Waals surface area contributed by atoms with Crippen LogP contribution in [0.25, 0.3) is 0 Å². The first kappa shape index (κ1) is 18.4. The van der Waals surface area contributed by atoms with Crippen molar-refractivity contribution in [3.05, 3.63) is 51.4 Å². The minimum atomic E-state index is -0.0152. The first-order chi connectivity index (χ1) is 13.3. The fraction of sp³-hybridized carbons (Fsp3) is 0.500. The van der Waals surface area contributed by atoms with Gasteiger partial charge in [-0.1, -0.05) is 12.1 Å². The van der Waals surface area contributed by atoms with Gasteiger partial charge in [0.25, 0.3) is 5.56 Å². The highest BCUT2D eigenvalue weighted by atomic mass is 32.2. The predicted molar refractivity (Wildman–Crippen MR) is 109 cm³/mol. The SMILES string of the molecule is O=c1[nH]c(NCCCOc2cccc(CN3CCCC3)c2)nc2c1CSC2. The van der Waals surface area contributed by atoms with E-state index in [0.29, 0.717) is 19.1 Å². The molecule has 0 atom stereocenters. The molecule has 4 rings (SSSR count). The maximum Gasteiger partial charge on any atom is 0.256 e. The summed E-state index contributed by atoms with van der Waals surface area (Å²) in [5.74, 6) is 3.08. The van der Waals surface area contributed by atoms with Gasteiger partial charge in [0.15, 0.2) is 0 Å². The van der Waals surface area contributed by atoms with Crippen LogP contribution < -0.4 is 15.6 Å². The van der Waals surface area contributed by atoms with E-state index in [2.05, 4.69) is 38.4 Å². The molecule has 2 N–H and O–H groups in total. The number of nitrogens with one attached hydrogen (secondary N) is 2. The molecule has 1 aromatic heterocycles.